The number of nitrogens with two attached hydrogens (primary N) is 1. The van der Waals surface area contributed by atoms with Gasteiger partial charge in [0, 0.05) is 17.3 Å². The first-order valence-electron chi connectivity index (χ1n) is 6.12. The van der Waals surface area contributed by atoms with Gasteiger partial charge in [-0.2, -0.15) is 0 Å². The number of primary amides is 1. The van der Waals surface area contributed by atoms with Gasteiger partial charge in [0.15, 0.2) is 8.38 Å². The van der Waals surface area contributed by atoms with Crippen molar-refractivity contribution in [2.75, 3.05) is 20.3 Å². The highest BCUT2D eigenvalue weighted by molar-refractivity contribution is 7.46. The largest absolute Gasteiger partial charge is 0.496 e. The number of ether oxygens (including phenoxy) is 1. The minimum absolute atomic E-state index is 0.457. The van der Waals surface area contributed by atoms with E-state index < -0.39 is 14.3 Å². The summed E-state index contributed by atoms with van der Waals surface area (Å²) in [6.07, 6.45) is 0.571. The zero-order valence-corrected chi connectivity index (χ0v) is 12.4. The third-order valence-corrected chi connectivity index (χ3v) is 4.10. The highest BCUT2D eigenvalue weighted by Crippen LogP contribution is 2.43. The SMILES string of the molecule is CCOP(Cc1cc(C(N)=O)ccc1OC)OCC. The van der Waals surface area contributed by atoms with Gasteiger partial charge in [0.1, 0.15) is 5.75 Å². The Morgan fingerprint density at radius 3 is 2.37 bits per heavy atom. The van der Waals surface area contributed by atoms with E-state index in [2.05, 4.69) is 0 Å². The molecule has 1 amide bonds. The third-order valence-electron chi connectivity index (χ3n) is 2.41. The third kappa shape index (κ3) is 4.78. The first-order valence-corrected chi connectivity index (χ1v) is 7.48. The van der Waals surface area contributed by atoms with Crippen LogP contribution in [-0.2, 0) is 15.2 Å². The van der Waals surface area contributed by atoms with E-state index in [1.165, 1.54) is 0 Å². The predicted molar refractivity (Wildman–Crippen MR) is 75.4 cm³/mol. The van der Waals surface area contributed by atoms with Gasteiger partial charge in [-0.15, -0.1) is 0 Å². The van der Waals surface area contributed by atoms with Gasteiger partial charge in [-0.05, 0) is 32.0 Å². The van der Waals surface area contributed by atoms with Crippen molar-refractivity contribution in [3.8, 4) is 5.75 Å². The van der Waals surface area contributed by atoms with Crippen molar-refractivity contribution in [2.45, 2.75) is 20.0 Å². The molecule has 1 aromatic carbocycles. The lowest BCUT2D eigenvalue weighted by atomic mass is 10.1. The molecule has 106 valence electrons. The Labute approximate surface area is 115 Å². The first kappa shape index (κ1) is 15.9. The second-order valence-corrected chi connectivity index (χ2v) is 5.22. The number of carbonyl (C=O) groups excluding carboxylic acids is 1. The van der Waals surface area contributed by atoms with Crippen molar-refractivity contribution in [3.05, 3.63) is 29.3 Å². The minimum atomic E-state index is -1.02. The summed E-state index contributed by atoms with van der Waals surface area (Å²) in [4.78, 5) is 11.2. The average Bonchev–Trinajstić information content (AvgIpc) is 2.39. The Hall–Kier alpha value is -1.16. The smallest absolute Gasteiger partial charge is 0.248 e. The molecule has 0 atom stereocenters. The summed E-state index contributed by atoms with van der Waals surface area (Å²) in [5, 5.41) is 0. The summed E-state index contributed by atoms with van der Waals surface area (Å²) < 4.78 is 16.4. The zero-order valence-electron chi connectivity index (χ0n) is 11.5. The molecule has 6 heteroatoms. The molecule has 0 aliphatic rings. The van der Waals surface area contributed by atoms with E-state index in [1.54, 1.807) is 25.3 Å². The van der Waals surface area contributed by atoms with Crippen LogP contribution in [0.5, 0.6) is 5.75 Å². The van der Waals surface area contributed by atoms with Gasteiger partial charge in [0.2, 0.25) is 5.91 Å². The van der Waals surface area contributed by atoms with Crippen molar-refractivity contribution in [1.29, 1.82) is 0 Å². The molecule has 1 rings (SSSR count). The molecule has 0 spiro atoms. The molecule has 19 heavy (non-hydrogen) atoms. The highest BCUT2D eigenvalue weighted by atomic mass is 31.2. The predicted octanol–water partition coefficient (Wildman–Crippen LogP) is 2.68. The molecule has 1 aromatic rings. The normalized spacial score (nSPS) is 10.7. The quantitative estimate of drug-likeness (QED) is 0.745. The maximum absolute atomic E-state index is 11.2. The minimum Gasteiger partial charge on any atom is -0.496 e. The Morgan fingerprint density at radius 2 is 1.89 bits per heavy atom. The number of hydrogen-bond donors (Lipinski definition) is 1. The van der Waals surface area contributed by atoms with Gasteiger partial charge in [-0.25, -0.2) is 0 Å². The molecule has 0 aliphatic carbocycles. The number of rotatable bonds is 8. The van der Waals surface area contributed by atoms with E-state index >= 15 is 0 Å². The molecule has 0 heterocycles. The Kier molecular flexibility index (Phi) is 6.78. The molecule has 0 unspecified atom stereocenters. The van der Waals surface area contributed by atoms with E-state index in [1.807, 2.05) is 13.8 Å². The zero-order chi connectivity index (χ0) is 14.3. The fraction of sp³-hybridized carbons (Fsp3) is 0.462. The summed E-state index contributed by atoms with van der Waals surface area (Å²) in [6.45, 7) is 5.02. The van der Waals surface area contributed by atoms with Crippen LogP contribution in [0, 0.1) is 0 Å². The average molecular weight is 285 g/mol. The molecule has 5 nitrogen and oxygen atoms in total. The molecular weight excluding hydrogens is 265 g/mol. The molecule has 0 aromatic heterocycles. The molecule has 0 saturated carbocycles. The van der Waals surface area contributed by atoms with E-state index in [-0.39, 0.29) is 0 Å². The van der Waals surface area contributed by atoms with Crippen LogP contribution in [0.4, 0.5) is 0 Å². The lowest BCUT2D eigenvalue weighted by molar-refractivity contribution is 0.1000. The Morgan fingerprint density at radius 1 is 1.26 bits per heavy atom. The summed E-state index contributed by atoms with van der Waals surface area (Å²) >= 11 is 0. The van der Waals surface area contributed by atoms with Crippen LogP contribution >= 0.6 is 8.38 Å². The first-order chi connectivity index (χ1) is 9.12. The summed E-state index contributed by atoms with van der Waals surface area (Å²) in [5.41, 5.74) is 6.61. The molecule has 0 bridgehead atoms. The highest BCUT2D eigenvalue weighted by Gasteiger charge is 2.15. The van der Waals surface area contributed by atoms with Crippen molar-refractivity contribution in [2.24, 2.45) is 5.73 Å². The fourth-order valence-electron chi connectivity index (χ4n) is 1.61. The second kappa shape index (κ2) is 8.10. The van der Waals surface area contributed by atoms with Gasteiger partial charge in [0.25, 0.3) is 0 Å². The summed E-state index contributed by atoms with van der Waals surface area (Å²) in [6, 6.07) is 5.11. The Bertz CT molecular complexity index is 419. The van der Waals surface area contributed by atoms with Crippen LogP contribution in [0.15, 0.2) is 18.2 Å². The van der Waals surface area contributed by atoms with Gasteiger partial charge in [-0.1, -0.05) is 0 Å². The summed E-state index contributed by atoms with van der Waals surface area (Å²) in [7, 11) is 0.567. The molecule has 0 saturated heterocycles. The van der Waals surface area contributed by atoms with E-state index in [4.69, 9.17) is 19.5 Å². The lowest BCUT2D eigenvalue weighted by Gasteiger charge is -2.17. The van der Waals surface area contributed by atoms with Crippen molar-refractivity contribution in [3.63, 3.8) is 0 Å². The number of hydrogen-bond acceptors (Lipinski definition) is 4. The molecule has 2 N–H and O–H groups in total. The van der Waals surface area contributed by atoms with Crippen LogP contribution < -0.4 is 10.5 Å². The molecular formula is C13H20NO4P. The maximum Gasteiger partial charge on any atom is 0.248 e. The van der Waals surface area contributed by atoms with Crippen LogP contribution in [0.25, 0.3) is 0 Å². The number of amides is 1. The number of carbonyl (C=O) groups is 1. The van der Waals surface area contributed by atoms with Gasteiger partial charge in [0.05, 0.1) is 20.3 Å². The van der Waals surface area contributed by atoms with Gasteiger partial charge < -0.3 is 19.5 Å². The van der Waals surface area contributed by atoms with Crippen LogP contribution in [0.1, 0.15) is 29.8 Å². The van der Waals surface area contributed by atoms with Crippen molar-refractivity contribution >= 4 is 14.3 Å². The summed E-state index contributed by atoms with van der Waals surface area (Å²) in [5.74, 6) is 0.248. The van der Waals surface area contributed by atoms with Crippen LogP contribution in [0.3, 0.4) is 0 Å². The van der Waals surface area contributed by atoms with E-state index in [0.717, 1.165) is 5.56 Å². The number of benzene rings is 1. The van der Waals surface area contributed by atoms with Gasteiger partial charge in [-0.3, -0.25) is 4.79 Å². The van der Waals surface area contributed by atoms with Crippen molar-refractivity contribution < 1.29 is 18.6 Å². The molecule has 0 radical (unpaired) electrons. The monoisotopic (exact) mass is 285 g/mol. The molecule has 0 fully saturated rings. The Balaban J connectivity index is 2.94. The maximum atomic E-state index is 11.2. The van der Waals surface area contributed by atoms with E-state index in [9.17, 15) is 4.79 Å². The number of methoxy groups -OCH3 is 1. The van der Waals surface area contributed by atoms with Crippen molar-refractivity contribution in [1.82, 2.24) is 0 Å². The van der Waals surface area contributed by atoms with Crippen LogP contribution in [-0.4, -0.2) is 26.2 Å². The van der Waals surface area contributed by atoms with E-state index in [0.29, 0.717) is 30.7 Å². The van der Waals surface area contributed by atoms with Gasteiger partial charge >= 0.3 is 0 Å². The van der Waals surface area contributed by atoms with Crippen LogP contribution in [0.2, 0.25) is 0 Å². The standard InChI is InChI=1S/C13H20NO4P/c1-4-17-19(18-5-2)9-11-8-10(13(14)15)6-7-12(11)16-3/h6-8H,4-5,9H2,1-3H3,(H2,14,15). The lowest BCUT2D eigenvalue weighted by Crippen LogP contribution is -2.11. The molecule has 0 aliphatic heterocycles. The fourth-order valence-corrected chi connectivity index (χ4v) is 2.97. The second-order valence-electron chi connectivity index (χ2n) is 3.72. The topological polar surface area (TPSA) is 70.8 Å².